The van der Waals surface area contributed by atoms with Gasteiger partial charge in [-0.2, -0.15) is 0 Å². The molecule has 2 heterocycles. The highest BCUT2D eigenvalue weighted by Gasteiger charge is 2.09. The molecule has 0 aliphatic heterocycles. The smallest absolute Gasteiger partial charge is 0.221 e. The van der Waals surface area contributed by atoms with Crippen LogP contribution in [0.1, 0.15) is 12.5 Å². The van der Waals surface area contributed by atoms with Gasteiger partial charge in [-0.25, -0.2) is 4.98 Å². The Hall–Kier alpha value is -4.38. The fourth-order valence-electron chi connectivity index (χ4n) is 3.83. The highest BCUT2D eigenvalue weighted by molar-refractivity contribution is 5.89. The van der Waals surface area contributed by atoms with E-state index in [2.05, 4.69) is 51.2 Å². The van der Waals surface area contributed by atoms with Crippen molar-refractivity contribution in [3.63, 3.8) is 0 Å². The second-order valence-electron chi connectivity index (χ2n) is 7.85. The lowest BCUT2D eigenvalue weighted by atomic mass is 10.1. The van der Waals surface area contributed by atoms with E-state index in [4.69, 9.17) is 4.74 Å². The first-order valence-corrected chi connectivity index (χ1v) is 10.8. The van der Waals surface area contributed by atoms with Gasteiger partial charge >= 0.3 is 0 Å². The standard InChI is InChI=1S/C28H23N3O2/c1-20(32)30-25-11-5-10-23(15-25)27-17-29-28-14-13-24(18-31(27)28)22-9-6-12-26(16-22)33-19-21-7-3-2-4-8-21/h2-18H,19H2,1H3,(H,30,32). The molecule has 0 saturated carbocycles. The number of benzene rings is 3. The molecule has 0 atom stereocenters. The first-order valence-electron chi connectivity index (χ1n) is 10.8. The molecule has 0 aliphatic rings. The third-order valence-corrected chi connectivity index (χ3v) is 5.40. The van der Waals surface area contributed by atoms with Gasteiger partial charge in [-0.05, 0) is 53.1 Å². The number of fused-ring (bicyclic) bond motifs is 1. The summed E-state index contributed by atoms with van der Waals surface area (Å²) in [5.74, 6) is 0.729. The molecule has 2 aromatic heterocycles. The molecule has 5 rings (SSSR count). The summed E-state index contributed by atoms with van der Waals surface area (Å²) in [5, 5.41) is 2.84. The summed E-state index contributed by atoms with van der Waals surface area (Å²) in [7, 11) is 0. The molecular formula is C28H23N3O2. The normalized spacial score (nSPS) is 10.8. The Bertz CT molecular complexity index is 1420. The van der Waals surface area contributed by atoms with E-state index in [1.54, 1.807) is 0 Å². The number of aromatic nitrogens is 2. The second kappa shape index (κ2) is 9.01. The van der Waals surface area contributed by atoms with Crippen LogP contribution in [0.25, 0.3) is 28.0 Å². The number of hydrogen-bond acceptors (Lipinski definition) is 3. The fraction of sp³-hybridized carbons (Fsp3) is 0.0714. The molecule has 0 unspecified atom stereocenters. The number of nitrogens with zero attached hydrogens (tertiary/aromatic N) is 2. The van der Waals surface area contributed by atoms with Gasteiger partial charge in [0.1, 0.15) is 18.0 Å². The zero-order valence-corrected chi connectivity index (χ0v) is 18.2. The number of hydrogen-bond donors (Lipinski definition) is 1. The Labute approximate surface area is 192 Å². The number of nitrogens with one attached hydrogen (secondary N) is 1. The van der Waals surface area contributed by atoms with Gasteiger partial charge in [0.25, 0.3) is 0 Å². The van der Waals surface area contributed by atoms with Crippen LogP contribution in [-0.2, 0) is 11.4 Å². The molecule has 5 aromatic rings. The second-order valence-corrected chi connectivity index (χ2v) is 7.85. The van der Waals surface area contributed by atoms with Gasteiger partial charge in [-0.15, -0.1) is 0 Å². The monoisotopic (exact) mass is 433 g/mol. The van der Waals surface area contributed by atoms with E-state index < -0.39 is 0 Å². The van der Waals surface area contributed by atoms with Gasteiger partial charge in [0, 0.05) is 24.4 Å². The molecule has 0 fully saturated rings. The number of amides is 1. The van der Waals surface area contributed by atoms with E-state index >= 15 is 0 Å². The van der Waals surface area contributed by atoms with Crippen molar-refractivity contribution < 1.29 is 9.53 Å². The molecular weight excluding hydrogens is 410 g/mol. The highest BCUT2D eigenvalue weighted by Crippen LogP contribution is 2.28. The van der Waals surface area contributed by atoms with Crippen LogP contribution in [0.3, 0.4) is 0 Å². The van der Waals surface area contributed by atoms with Crippen molar-refractivity contribution in [2.24, 2.45) is 0 Å². The van der Waals surface area contributed by atoms with Crippen molar-refractivity contribution in [1.82, 2.24) is 9.38 Å². The lowest BCUT2D eigenvalue weighted by Crippen LogP contribution is -2.05. The molecule has 0 saturated heterocycles. The summed E-state index contributed by atoms with van der Waals surface area (Å²) in [6.07, 6.45) is 3.93. The Kier molecular flexibility index (Phi) is 5.60. The quantitative estimate of drug-likeness (QED) is 0.347. The summed E-state index contributed by atoms with van der Waals surface area (Å²) in [5.41, 5.74) is 6.80. The van der Waals surface area contributed by atoms with Crippen LogP contribution >= 0.6 is 0 Å². The summed E-state index contributed by atoms with van der Waals surface area (Å²) in [6, 6.07) is 30.1. The average Bonchev–Trinajstić information content (AvgIpc) is 3.27. The van der Waals surface area contributed by atoms with Crippen LogP contribution in [0.4, 0.5) is 5.69 Å². The molecule has 0 spiro atoms. The van der Waals surface area contributed by atoms with Gasteiger partial charge in [-0.1, -0.05) is 54.6 Å². The summed E-state index contributed by atoms with van der Waals surface area (Å²) < 4.78 is 8.08. The van der Waals surface area contributed by atoms with Crippen molar-refractivity contribution in [2.75, 3.05) is 5.32 Å². The van der Waals surface area contributed by atoms with Crippen LogP contribution in [0.5, 0.6) is 5.75 Å². The van der Waals surface area contributed by atoms with Crippen LogP contribution in [0.2, 0.25) is 0 Å². The van der Waals surface area contributed by atoms with E-state index in [0.717, 1.165) is 45.0 Å². The van der Waals surface area contributed by atoms with Crippen LogP contribution in [0, 0.1) is 0 Å². The summed E-state index contributed by atoms with van der Waals surface area (Å²) in [6.45, 7) is 2.03. The van der Waals surface area contributed by atoms with Gasteiger partial charge in [0.05, 0.1) is 11.9 Å². The molecule has 5 heteroatoms. The molecule has 1 amide bonds. The number of pyridine rings is 1. The summed E-state index contributed by atoms with van der Waals surface area (Å²) in [4.78, 5) is 16.0. The lowest BCUT2D eigenvalue weighted by molar-refractivity contribution is -0.114. The molecule has 5 nitrogen and oxygen atoms in total. The van der Waals surface area contributed by atoms with Crippen molar-refractivity contribution in [3.05, 3.63) is 109 Å². The number of anilines is 1. The maximum atomic E-state index is 11.4. The van der Waals surface area contributed by atoms with E-state index in [1.807, 2.05) is 66.9 Å². The highest BCUT2D eigenvalue weighted by atomic mass is 16.5. The SMILES string of the molecule is CC(=O)Nc1cccc(-c2cnc3ccc(-c4cccc(OCc5ccccc5)c4)cn23)c1. The molecule has 1 N–H and O–H groups in total. The lowest BCUT2D eigenvalue weighted by Gasteiger charge is -2.10. The molecule has 0 bridgehead atoms. The fourth-order valence-corrected chi connectivity index (χ4v) is 3.83. The largest absolute Gasteiger partial charge is 0.489 e. The van der Waals surface area contributed by atoms with E-state index in [-0.39, 0.29) is 5.91 Å². The van der Waals surface area contributed by atoms with E-state index in [9.17, 15) is 4.79 Å². The molecule has 0 aliphatic carbocycles. The molecule has 162 valence electrons. The van der Waals surface area contributed by atoms with Gasteiger partial charge < -0.3 is 10.1 Å². The Balaban J connectivity index is 1.45. The van der Waals surface area contributed by atoms with Gasteiger partial charge in [0.2, 0.25) is 5.91 Å². The molecule has 3 aromatic carbocycles. The van der Waals surface area contributed by atoms with E-state index in [0.29, 0.717) is 6.61 Å². The van der Waals surface area contributed by atoms with Crippen molar-refractivity contribution in [2.45, 2.75) is 13.5 Å². The number of ether oxygens (including phenoxy) is 1. The maximum Gasteiger partial charge on any atom is 0.221 e. The van der Waals surface area contributed by atoms with Crippen LogP contribution in [0.15, 0.2) is 103 Å². The topological polar surface area (TPSA) is 55.6 Å². The first-order chi connectivity index (χ1) is 16.2. The Morgan fingerprint density at radius 3 is 2.55 bits per heavy atom. The third kappa shape index (κ3) is 4.62. The maximum absolute atomic E-state index is 11.4. The third-order valence-electron chi connectivity index (χ3n) is 5.40. The van der Waals surface area contributed by atoms with Crippen molar-refractivity contribution in [3.8, 4) is 28.1 Å². The predicted molar refractivity (Wildman–Crippen MR) is 131 cm³/mol. The van der Waals surface area contributed by atoms with Crippen LogP contribution in [-0.4, -0.2) is 15.3 Å². The number of rotatable bonds is 6. The minimum Gasteiger partial charge on any atom is -0.489 e. The van der Waals surface area contributed by atoms with Crippen molar-refractivity contribution in [1.29, 1.82) is 0 Å². The Morgan fingerprint density at radius 2 is 1.70 bits per heavy atom. The van der Waals surface area contributed by atoms with Crippen molar-refractivity contribution >= 4 is 17.2 Å². The summed E-state index contributed by atoms with van der Waals surface area (Å²) >= 11 is 0. The number of imidazole rings is 1. The predicted octanol–water partition coefficient (Wildman–Crippen LogP) is 6.21. The van der Waals surface area contributed by atoms with Gasteiger partial charge in [0.15, 0.2) is 0 Å². The average molecular weight is 434 g/mol. The van der Waals surface area contributed by atoms with E-state index in [1.165, 1.54) is 6.92 Å². The minimum absolute atomic E-state index is 0.0954. The number of carbonyl (C=O) groups is 1. The minimum atomic E-state index is -0.0954. The zero-order chi connectivity index (χ0) is 22.6. The van der Waals surface area contributed by atoms with Crippen LogP contribution < -0.4 is 10.1 Å². The zero-order valence-electron chi connectivity index (χ0n) is 18.2. The molecule has 33 heavy (non-hydrogen) atoms. The molecule has 0 radical (unpaired) electrons. The number of carbonyl (C=O) groups excluding carboxylic acids is 1. The first kappa shape index (κ1) is 20.5. The Morgan fingerprint density at radius 1 is 0.879 bits per heavy atom. The van der Waals surface area contributed by atoms with Gasteiger partial charge in [-0.3, -0.25) is 9.20 Å².